The number of benzene rings is 1. The van der Waals surface area contributed by atoms with Crippen molar-refractivity contribution >= 4 is 5.91 Å². The van der Waals surface area contributed by atoms with Gasteiger partial charge in [-0.05, 0) is 50.7 Å². The van der Waals surface area contributed by atoms with Gasteiger partial charge in [0.1, 0.15) is 5.41 Å². The Morgan fingerprint density at radius 2 is 1.72 bits per heavy atom. The molecule has 1 aromatic rings. The van der Waals surface area contributed by atoms with Gasteiger partial charge in [-0.3, -0.25) is 4.79 Å². The van der Waals surface area contributed by atoms with Gasteiger partial charge in [0.2, 0.25) is 5.91 Å². The van der Waals surface area contributed by atoms with Crippen LogP contribution < -0.4 is 5.32 Å². The van der Waals surface area contributed by atoms with E-state index in [1.165, 1.54) is 0 Å². The number of hydrogen-bond acceptors (Lipinski definition) is 4. The Morgan fingerprint density at radius 3 is 2.31 bits per heavy atom. The molecule has 0 saturated heterocycles. The normalized spacial score (nSPS) is 17.0. The van der Waals surface area contributed by atoms with Gasteiger partial charge in [0.25, 0.3) is 0 Å². The van der Waals surface area contributed by atoms with E-state index in [-0.39, 0.29) is 17.9 Å². The van der Waals surface area contributed by atoms with Gasteiger partial charge in [0, 0.05) is 7.11 Å². The summed E-state index contributed by atoms with van der Waals surface area (Å²) < 4.78 is 16.5. The smallest absolute Gasteiger partial charge is 0.235 e. The Labute approximate surface area is 194 Å². The lowest BCUT2D eigenvalue weighted by Gasteiger charge is -2.42. The van der Waals surface area contributed by atoms with Gasteiger partial charge >= 0.3 is 0 Å². The van der Waals surface area contributed by atoms with Gasteiger partial charge in [-0.25, -0.2) is 0 Å². The fraction of sp³-hybridized carbons (Fsp3) is 0.593. The van der Waals surface area contributed by atoms with Crippen LogP contribution in [0.15, 0.2) is 54.1 Å². The van der Waals surface area contributed by atoms with E-state index in [9.17, 15) is 4.79 Å². The van der Waals surface area contributed by atoms with E-state index in [4.69, 9.17) is 14.2 Å². The van der Waals surface area contributed by atoms with Crippen molar-refractivity contribution in [2.24, 2.45) is 5.92 Å². The summed E-state index contributed by atoms with van der Waals surface area (Å²) in [5, 5.41) is 3.34. The SMILES string of the molecule is COCCOCCOC(C)C(C)(C)NC(=O)C(C1=CCCC=C1)(c1ccccc1)C(C)C. The van der Waals surface area contributed by atoms with Crippen molar-refractivity contribution in [2.75, 3.05) is 33.5 Å². The maximum Gasteiger partial charge on any atom is 0.235 e. The van der Waals surface area contributed by atoms with Gasteiger partial charge in [-0.1, -0.05) is 62.4 Å². The predicted molar refractivity (Wildman–Crippen MR) is 130 cm³/mol. The monoisotopic (exact) mass is 443 g/mol. The minimum Gasteiger partial charge on any atom is -0.382 e. The molecular formula is C27H41NO4. The molecule has 32 heavy (non-hydrogen) atoms. The molecule has 2 atom stereocenters. The topological polar surface area (TPSA) is 56.8 Å². The van der Waals surface area contributed by atoms with Crippen LogP contribution in [0.1, 0.15) is 53.0 Å². The molecule has 2 unspecified atom stereocenters. The summed E-state index contributed by atoms with van der Waals surface area (Å²) in [4.78, 5) is 14.1. The lowest BCUT2D eigenvalue weighted by atomic mass is 9.64. The van der Waals surface area contributed by atoms with Crippen LogP contribution in [0.5, 0.6) is 0 Å². The molecule has 1 aliphatic rings. The third kappa shape index (κ3) is 6.31. The molecule has 0 spiro atoms. The second kappa shape index (κ2) is 12.3. The highest BCUT2D eigenvalue weighted by atomic mass is 16.5. The summed E-state index contributed by atoms with van der Waals surface area (Å²) >= 11 is 0. The number of carbonyl (C=O) groups is 1. The maximum atomic E-state index is 14.1. The molecular weight excluding hydrogens is 402 g/mol. The molecule has 0 aromatic heterocycles. The molecule has 5 heteroatoms. The number of ether oxygens (including phenoxy) is 3. The van der Waals surface area contributed by atoms with E-state index in [2.05, 4.69) is 49.5 Å². The standard InChI is InChI=1S/C27H41NO4/c1-21(2)27(23-13-9-7-10-14-23,24-15-11-8-12-16-24)25(29)28-26(4,5)22(3)32-20-19-31-18-17-30-6/h7,9-11,13-16,21-22H,8,12,17-20H2,1-6H3,(H,28,29). The van der Waals surface area contributed by atoms with Crippen molar-refractivity contribution in [1.29, 1.82) is 0 Å². The number of methoxy groups -OCH3 is 1. The van der Waals surface area contributed by atoms with E-state index in [0.29, 0.717) is 26.4 Å². The first kappa shape index (κ1) is 26.3. The number of allylic oxidation sites excluding steroid dienone is 3. The van der Waals surface area contributed by atoms with Gasteiger partial charge in [0.05, 0.1) is 38.1 Å². The zero-order valence-electron chi connectivity index (χ0n) is 20.6. The number of nitrogens with one attached hydrogen (secondary N) is 1. The van der Waals surface area contributed by atoms with Crippen LogP contribution >= 0.6 is 0 Å². The Balaban J connectivity index is 2.22. The van der Waals surface area contributed by atoms with Crippen molar-refractivity contribution in [2.45, 2.75) is 64.5 Å². The molecule has 1 N–H and O–H groups in total. The van der Waals surface area contributed by atoms with E-state index >= 15 is 0 Å². The number of carbonyl (C=O) groups excluding carboxylic acids is 1. The van der Waals surface area contributed by atoms with Crippen LogP contribution in [0.3, 0.4) is 0 Å². The summed E-state index contributed by atoms with van der Waals surface area (Å²) in [6.07, 6.45) is 8.29. The molecule has 0 heterocycles. The zero-order chi connectivity index (χ0) is 23.6. The highest BCUT2D eigenvalue weighted by molar-refractivity contribution is 5.93. The van der Waals surface area contributed by atoms with Crippen LogP contribution in [0.4, 0.5) is 0 Å². The average molecular weight is 444 g/mol. The maximum absolute atomic E-state index is 14.1. The minimum atomic E-state index is -0.765. The first-order valence-electron chi connectivity index (χ1n) is 11.7. The Kier molecular flexibility index (Phi) is 10.1. The second-order valence-electron chi connectivity index (χ2n) is 9.26. The first-order valence-corrected chi connectivity index (χ1v) is 11.7. The van der Waals surface area contributed by atoms with Gasteiger partial charge < -0.3 is 19.5 Å². The fourth-order valence-corrected chi connectivity index (χ4v) is 4.19. The molecule has 0 radical (unpaired) electrons. The Bertz CT molecular complexity index is 769. The second-order valence-corrected chi connectivity index (χ2v) is 9.26. The van der Waals surface area contributed by atoms with E-state index in [1.807, 2.05) is 39.0 Å². The van der Waals surface area contributed by atoms with E-state index < -0.39 is 11.0 Å². The highest BCUT2D eigenvalue weighted by Crippen LogP contribution is 2.42. The van der Waals surface area contributed by atoms with Gasteiger partial charge in [0.15, 0.2) is 0 Å². The summed E-state index contributed by atoms with van der Waals surface area (Å²) in [6, 6.07) is 10.1. The van der Waals surface area contributed by atoms with Crippen LogP contribution in [0, 0.1) is 5.92 Å². The Hall–Kier alpha value is -1.95. The van der Waals surface area contributed by atoms with Crippen molar-refractivity contribution in [3.05, 3.63) is 59.7 Å². The molecule has 0 bridgehead atoms. The molecule has 2 rings (SSSR count). The summed E-state index contributed by atoms with van der Waals surface area (Å²) in [5.74, 6) is 0.0772. The van der Waals surface area contributed by atoms with Crippen molar-refractivity contribution in [3.8, 4) is 0 Å². The quantitative estimate of drug-likeness (QED) is 0.444. The molecule has 5 nitrogen and oxygen atoms in total. The Morgan fingerprint density at radius 1 is 1.03 bits per heavy atom. The van der Waals surface area contributed by atoms with Crippen LogP contribution in [0.25, 0.3) is 0 Å². The molecule has 0 aliphatic heterocycles. The molecule has 1 amide bonds. The third-order valence-electron chi connectivity index (χ3n) is 6.38. The van der Waals surface area contributed by atoms with Crippen LogP contribution in [0.2, 0.25) is 0 Å². The summed E-state index contributed by atoms with van der Waals surface area (Å²) in [6.45, 7) is 12.4. The predicted octanol–water partition coefficient (Wildman–Crippen LogP) is 4.82. The lowest BCUT2D eigenvalue weighted by molar-refractivity contribution is -0.130. The van der Waals surface area contributed by atoms with Gasteiger partial charge in [-0.2, -0.15) is 0 Å². The number of amides is 1. The molecule has 0 saturated carbocycles. The zero-order valence-corrected chi connectivity index (χ0v) is 20.6. The van der Waals surface area contributed by atoms with Crippen molar-refractivity contribution in [3.63, 3.8) is 0 Å². The summed E-state index contributed by atoms with van der Waals surface area (Å²) in [7, 11) is 1.65. The fourth-order valence-electron chi connectivity index (χ4n) is 4.19. The van der Waals surface area contributed by atoms with Crippen molar-refractivity contribution < 1.29 is 19.0 Å². The average Bonchev–Trinajstić information content (AvgIpc) is 2.77. The third-order valence-corrected chi connectivity index (χ3v) is 6.38. The van der Waals surface area contributed by atoms with Crippen LogP contribution in [-0.2, 0) is 24.4 Å². The van der Waals surface area contributed by atoms with Crippen LogP contribution in [-0.4, -0.2) is 51.1 Å². The molecule has 178 valence electrons. The first-order chi connectivity index (χ1) is 15.3. The molecule has 1 aliphatic carbocycles. The summed E-state index contributed by atoms with van der Waals surface area (Å²) in [5.41, 5.74) is 0.759. The van der Waals surface area contributed by atoms with E-state index in [0.717, 1.165) is 24.0 Å². The molecule has 0 fully saturated rings. The van der Waals surface area contributed by atoms with Gasteiger partial charge in [-0.15, -0.1) is 0 Å². The molecule has 1 aromatic carbocycles. The lowest BCUT2D eigenvalue weighted by Crippen LogP contribution is -2.59. The minimum absolute atomic E-state index is 0.00768. The number of rotatable bonds is 13. The van der Waals surface area contributed by atoms with Crippen molar-refractivity contribution in [1.82, 2.24) is 5.32 Å². The largest absolute Gasteiger partial charge is 0.382 e. The number of hydrogen-bond donors (Lipinski definition) is 1. The van der Waals surface area contributed by atoms with E-state index in [1.54, 1.807) is 7.11 Å². The highest BCUT2D eigenvalue weighted by Gasteiger charge is 2.47.